The molecule has 0 unspecified atom stereocenters. The van der Waals surface area contributed by atoms with Gasteiger partial charge in [0, 0.05) is 17.0 Å². The topological polar surface area (TPSA) is 80.3 Å². The minimum absolute atomic E-state index is 0.135. The zero-order chi connectivity index (χ0) is 23.8. The summed E-state index contributed by atoms with van der Waals surface area (Å²) >= 11 is 0. The maximum absolute atomic E-state index is 13.2. The summed E-state index contributed by atoms with van der Waals surface area (Å²) in [4.78, 5) is 25.6. The monoisotopic (exact) mass is 458 g/mol. The van der Waals surface area contributed by atoms with Gasteiger partial charge in [0.25, 0.3) is 0 Å². The van der Waals surface area contributed by atoms with Crippen molar-refractivity contribution < 1.29 is 33.3 Å². The second-order valence-corrected chi connectivity index (χ2v) is 7.88. The average Bonchev–Trinajstić information content (AvgIpc) is 3.18. The van der Waals surface area contributed by atoms with Crippen LogP contribution >= 0.6 is 0 Å². The molecule has 34 heavy (non-hydrogen) atoms. The molecule has 0 fully saturated rings. The molecule has 3 aromatic carbocycles. The number of carbonyl (C=O) groups is 2. The van der Waals surface area contributed by atoms with Crippen molar-refractivity contribution in [3.8, 4) is 28.7 Å². The zero-order valence-corrected chi connectivity index (χ0v) is 18.9. The Morgan fingerprint density at radius 2 is 1.68 bits per heavy atom. The van der Waals surface area contributed by atoms with Crippen molar-refractivity contribution in [2.75, 3.05) is 21.3 Å². The van der Waals surface area contributed by atoms with Crippen LogP contribution in [-0.2, 0) is 4.79 Å². The lowest BCUT2D eigenvalue weighted by Gasteiger charge is -2.26. The third-order valence-corrected chi connectivity index (χ3v) is 6.02. The molecule has 0 saturated carbocycles. The molecule has 2 aliphatic rings. The molecule has 3 aromatic rings. The van der Waals surface area contributed by atoms with Crippen molar-refractivity contribution in [1.29, 1.82) is 0 Å². The molecule has 2 aliphatic heterocycles. The highest BCUT2D eigenvalue weighted by atomic mass is 16.5. The van der Waals surface area contributed by atoms with E-state index in [2.05, 4.69) is 0 Å². The molecule has 0 bridgehead atoms. The van der Waals surface area contributed by atoms with E-state index >= 15 is 0 Å². The van der Waals surface area contributed by atoms with E-state index in [-0.39, 0.29) is 29.9 Å². The fourth-order valence-electron chi connectivity index (χ4n) is 4.39. The highest BCUT2D eigenvalue weighted by molar-refractivity contribution is 6.15. The highest BCUT2D eigenvalue weighted by Crippen LogP contribution is 2.49. The number of hydrogen-bond acceptors (Lipinski definition) is 7. The van der Waals surface area contributed by atoms with Crippen LogP contribution in [-0.4, -0.2) is 33.1 Å². The van der Waals surface area contributed by atoms with Gasteiger partial charge in [0.1, 0.15) is 17.2 Å². The van der Waals surface area contributed by atoms with Gasteiger partial charge in [-0.25, -0.2) is 0 Å². The van der Waals surface area contributed by atoms with Crippen LogP contribution in [0.2, 0.25) is 0 Å². The Morgan fingerprint density at radius 1 is 0.882 bits per heavy atom. The van der Waals surface area contributed by atoms with Crippen molar-refractivity contribution >= 4 is 17.8 Å². The van der Waals surface area contributed by atoms with Crippen molar-refractivity contribution in [3.63, 3.8) is 0 Å². The fraction of sp³-hybridized carbons (Fsp3) is 0.185. The van der Waals surface area contributed by atoms with Crippen LogP contribution in [0.5, 0.6) is 28.7 Å². The summed E-state index contributed by atoms with van der Waals surface area (Å²) in [5.74, 6) is 1.79. The van der Waals surface area contributed by atoms with Crippen LogP contribution < -0.4 is 23.7 Å². The molecule has 7 nitrogen and oxygen atoms in total. The van der Waals surface area contributed by atoms with Crippen molar-refractivity contribution in [3.05, 3.63) is 82.6 Å². The van der Waals surface area contributed by atoms with Gasteiger partial charge in [0.05, 0.1) is 33.3 Å². The van der Waals surface area contributed by atoms with E-state index in [4.69, 9.17) is 23.7 Å². The van der Waals surface area contributed by atoms with Crippen LogP contribution in [0.4, 0.5) is 0 Å². The van der Waals surface area contributed by atoms with Gasteiger partial charge >= 0.3 is 5.97 Å². The summed E-state index contributed by atoms with van der Waals surface area (Å²) in [6, 6.07) is 16.2. The van der Waals surface area contributed by atoms with Crippen LogP contribution in [0.3, 0.4) is 0 Å². The number of benzene rings is 3. The lowest BCUT2D eigenvalue weighted by atomic mass is 9.84. The second-order valence-electron chi connectivity index (χ2n) is 7.88. The standard InChI is InChI=1S/C27H22O7/c1-30-17-9-7-15(8-10-17)19-14-23(28)33-20-12-11-18-25(29)22(34-27(18)24(19)20)13-16-5-4-6-21(31-2)26(16)32-3/h4-13,19H,14H2,1-3H3/b22-13-/t19-/m1/s1. The number of para-hydroxylation sites is 1. The molecule has 0 radical (unpaired) electrons. The zero-order valence-electron chi connectivity index (χ0n) is 18.9. The highest BCUT2D eigenvalue weighted by Gasteiger charge is 2.38. The molecule has 2 heterocycles. The first-order valence-corrected chi connectivity index (χ1v) is 10.7. The molecule has 0 spiro atoms. The number of fused-ring (bicyclic) bond motifs is 3. The first-order valence-electron chi connectivity index (χ1n) is 10.7. The number of methoxy groups -OCH3 is 3. The van der Waals surface area contributed by atoms with Gasteiger partial charge in [-0.2, -0.15) is 0 Å². The minimum Gasteiger partial charge on any atom is -0.497 e. The van der Waals surface area contributed by atoms with E-state index in [0.717, 1.165) is 5.56 Å². The molecule has 0 aromatic heterocycles. The predicted molar refractivity (Wildman–Crippen MR) is 124 cm³/mol. The van der Waals surface area contributed by atoms with E-state index < -0.39 is 0 Å². The van der Waals surface area contributed by atoms with Gasteiger partial charge in [0.2, 0.25) is 5.78 Å². The Morgan fingerprint density at radius 3 is 2.38 bits per heavy atom. The Hall–Kier alpha value is -4.26. The van der Waals surface area contributed by atoms with Crippen molar-refractivity contribution in [1.82, 2.24) is 0 Å². The van der Waals surface area contributed by atoms with E-state index in [1.54, 1.807) is 44.6 Å². The SMILES string of the molecule is COc1ccc([C@H]2CC(=O)Oc3ccc4c(c32)O/C(=C\c2cccc(OC)c2OC)C4=O)cc1. The summed E-state index contributed by atoms with van der Waals surface area (Å²) < 4.78 is 27.7. The minimum atomic E-state index is -0.338. The molecule has 1 atom stereocenters. The Balaban J connectivity index is 1.59. The molecular weight excluding hydrogens is 436 g/mol. The van der Waals surface area contributed by atoms with Gasteiger partial charge in [0.15, 0.2) is 17.3 Å². The second kappa shape index (κ2) is 8.59. The van der Waals surface area contributed by atoms with Gasteiger partial charge in [-0.05, 0) is 42.0 Å². The van der Waals surface area contributed by atoms with Gasteiger partial charge in [-0.3, -0.25) is 9.59 Å². The number of ketones is 1. The van der Waals surface area contributed by atoms with Gasteiger partial charge in [-0.15, -0.1) is 0 Å². The number of hydrogen-bond donors (Lipinski definition) is 0. The van der Waals surface area contributed by atoms with Crippen LogP contribution in [0, 0.1) is 0 Å². The largest absolute Gasteiger partial charge is 0.497 e. The third-order valence-electron chi connectivity index (χ3n) is 6.02. The predicted octanol–water partition coefficient (Wildman–Crippen LogP) is 4.77. The summed E-state index contributed by atoms with van der Waals surface area (Å²) in [5.41, 5.74) is 2.64. The number of allylic oxidation sites excluding steroid dienone is 1. The van der Waals surface area contributed by atoms with E-state index in [0.29, 0.717) is 45.4 Å². The van der Waals surface area contributed by atoms with E-state index in [1.807, 2.05) is 30.3 Å². The normalized spacial score (nSPS) is 17.5. The van der Waals surface area contributed by atoms with Crippen LogP contribution in [0.25, 0.3) is 6.08 Å². The number of esters is 1. The molecule has 0 aliphatic carbocycles. The third kappa shape index (κ3) is 3.55. The van der Waals surface area contributed by atoms with Crippen LogP contribution in [0.15, 0.2) is 60.4 Å². The number of carbonyl (C=O) groups excluding carboxylic acids is 2. The quantitative estimate of drug-likeness (QED) is 0.310. The van der Waals surface area contributed by atoms with Crippen molar-refractivity contribution in [2.24, 2.45) is 0 Å². The van der Waals surface area contributed by atoms with Gasteiger partial charge in [-0.1, -0.05) is 24.3 Å². The molecular formula is C27H22O7. The maximum Gasteiger partial charge on any atom is 0.312 e. The molecule has 172 valence electrons. The lowest BCUT2D eigenvalue weighted by molar-refractivity contribution is -0.135. The maximum atomic E-state index is 13.2. The summed E-state index contributed by atoms with van der Waals surface area (Å²) in [6.45, 7) is 0. The average molecular weight is 458 g/mol. The lowest BCUT2D eigenvalue weighted by Crippen LogP contribution is -2.21. The molecule has 0 amide bonds. The Labute approximate surface area is 196 Å². The van der Waals surface area contributed by atoms with Gasteiger partial charge < -0.3 is 23.7 Å². The Bertz CT molecular complexity index is 1320. The molecule has 5 rings (SSSR count). The molecule has 0 N–H and O–H groups in total. The van der Waals surface area contributed by atoms with Crippen molar-refractivity contribution in [2.45, 2.75) is 12.3 Å². The number of rotatable bonds is 5. The Kier molecular flexibility index (Phi) is 5.45. The number of Topliss-reactive ketones (excluding diaryl/α,β-unsaturated/α-hetero) is 1. The molecule has 7 heteroatoms. The summed E-state index contributed by atoms with van der Waals surface area (Å²) in [7, 11) is 4.69. The molecule has 0 saturated heterocycles. The summed E-state index contributed by atoms with van der Waals surface area (Å²) in [5, 5.41) is 0. The fourth-order valence-corrected chi connectivity index (χ4v) is 4.39. The smallest absolute Gasteiger partial charge is 0.312 e. The first-order chi connectivity index (χ1) is 16.5. The summed E-state index contributed by atoms with van der Waals surface area (Å²) in [6.07, 6.45) is 1.77. The van der Waals surface area contributed by atoms with E-state index in [1.165, 1.54) is 7.11 Å². The number of ether oxygens (including phenoxy) is 5. The first kappa shape index (κ1) is 21.6. The van der Waals surface area contributed by atoms with E-state index in [9.17, 15) is 9.59 Å². The van der Waals surface area contributed by atoms with Crippen LogP contribution in [0.1, 0.15) is 39.4 Å².